The molecule has 1 heterocycles. The molecule has 0 radical (unpaired) electrons. The van der Waals surface area contributed by atoms with Gasteiger partial charge in [-0.15, -0.1) is 0 Å². The monoisotopic (exact) mass is 340 g/mol. The minimum atomic E-state index is -0.347. The Morgan fingerprint density at radius 1 is 1.20 bits per heavy atom. The molecule has 130 valence electrons. The van der Waals surface area contributed by atoms with Crippen LogP contribution in [0.1, 0.15) is 27.7 Å². The molecule has 0 aliphatic rings. The molecule has 3 aromatic rings. The molecule has 0 saturated heterocycles. The van der Waals surface area contributed by atoms with Gasteiger partial charge in [0.15, 0.2) is 5.76 Å². The maximum Gasteiger partial charge on any atom is 0.287 e. The van der Waals surface area contributed by atoms with Gasteiger partial charge in [0.05, 0.1) is 6.04 Å². The lowest BCUT2D eigenvalue weighted by molar-refractivity contribution is 0.0915. The smallest absolute Gasteiger partial charge is 0.287 e. The van der Waals surface area contributed by atoms with Crippen LogP contribution in [0.2, 0.25) is 0 Å². The first-order valence-electron chi connectivity index (χ1n) is 8.15. The molecule has 0 aliphatic carbocycles. The minimum absolute atomic E-state index is 0.0484. The second-order valence-corrected chi connectivity index (χ2v) is 6.30. The van der Waals surface area contributed by atoms with Crippen molar-refractivity contribution in [1.29, 1.82) is 0 Å². The summed E-state index contributed by atoms with van der Waals surface area (Å²) in [5, 5.41) is 3.55. The van der Waals surface area contributed by atoms with E-state index in [1.165, 1.54) is 12.1 Å². The molecule has 2 aromatic carbocycles. The van der Waals surface area contributed by atoms with Crippen LogP contribution in [0.3, 0.4) is 0 Å². The molecular formula is C20H21FN2O2. The molecule has 4 nitrogen and oxygen atoms in total. The van der Waals surface area contributed by atoms with Crippen LogP contribution >= 0.6 is 0 Å². The lowest BCUT2D eigenvalue weighted by atomic mass is 10.1. The van der Waals surface area contributed by atoms with Crippen LogP contribution in [-0.4, -0.2) is 31.4 Å². The van der Waals surface area contributed by atoms with E-state index in [2.05, 4.69) is 10.2 Å². The summed E-state index contributed by atoms with van der Waals surface area (Å²) in [6, 6.07) is 14.3. The van der Waals surface area contributed by atoms with Gasteiger partial charge in [-0.3, -0.25) is 4.79 Å². The average Bonchev–Trinajstić information content (AvgIpc) is 2.92. The van der Waals surface area contributed by atoms with Crippen molar-refractivity contribution in [2.75, 3.05) is 20.6 Å². The van der Waals surface area contributed by atoms with E-state index < -0.39 is 0 Å². The highest BCUT2D eigenvalue weighted by Gasteiger charge is 2.20. The van der Waals surface area contributed by atoms with Crippen molar-refractivity contribution in [2.45, 2.75) is 13.0 Å². The number of hydrogen-bond acceptors (Lipinski definition) is 3. The van der Waals surface area contributed by atoms with Crippen molar-refractivity contribution in [3.63, 3.8) is 0 Å². The van der Waals surface area contributed by atoms with Gasteiger partial charge in [0.1, 0.15) is 11.4 Å². The van der Waals surface area contributed by atoms with Crippen molar-refractivity contribution >= 4 is 16.9 Å². The molecule has 1 atom stereocenters. The number of carbonyl (C=O) groups excluding carboxylic acids is 1. The first kappa shape index (κ1) is 17.2. The maximum absolute atomic E-state index is 13.4. The van der Waals surface area contributed by atoms with Crippen LogP contribution in [0.25, 0.3) is 11.0 Å². The van der Waals surface area contributed by atoms with Gasteiger partial charge in [0, 0.05) is 17.5 Å². The summed E-state index contributed by atoms with van der Waals surface area (Å²) in [7, 11) is 3.94. The Kier molecular flexibility index (Phi) is 4.86. The highest BCUT2D eigenvalue weighted by Crippen LogP contribution is 2.26. The Morgan fingerprint density at radius 3 is 2.60 bits per heavy atom. The van der Waals surface area contributed by atoms with Crippen LogP contribution < -0.4 is 5.32 Å². The molecule has 1 amide bonds. The molecule has 0 unspecified atom stereocenters. The van der Waals surface area contributed by atoms with Crippen molar-refractivity contribution in [3.05, 3.63) is 71.2 Å². The molecular weight excluding hydrogens is 319 g/mol. The quantitative estimate of drug-likeness (QED) is 0.766. The van der Waals surface area contributed by atoms with Gasteiger partial charge in [-0.05, 0) is 44.8 Å². The number of hydrogen-bond donors (Lipinski definition) is 1. The van der Waals surface area contributed by atoms with E-state index in [4.69, 9.17) is 4.42 Å². The van der Waals surface area contributed by atoms with E-state index >= 15 is 0 Å². The lowest BCUT2D eigenvalue weighted by Gasteiger charge is -2.25. The third-order valence-electron chi connectivity index (χ3n) is 4.37. The van der Waals surface area contributed by atoms with E-state index in [-0.39, 0.29) is 23.5 Å². The Balaban J connectivity index is 1.79. The Bertz CT molecular complexity index is 887. The zero-order chi connectivity index (χ0) is 18.0. The number of nitrogens with zero attached hydrogens (tertiary/aromatic N) is 1. The highest BCUT2D eigenvalue weighted by molar-refractivity contribution is 5.98. The predicted molar refractivity (Wildman–Crippen MR) is 96.1 cm³/mol. The van der Waals surface area contributed by atoms with Crippen molar-refractivity contribution < 1.29 is 13.6 Å². The molecule has 3 rings (SSSR count). The molecule has 1 N–H and O–H groups in total. The van der Waals surface area contributed by atoms with Crippen LogP contribution in [0.4, 0.5) is 4.39 Å². The van der Waals surface area contributed by atoms with Gasteiger partial charge in [0.25, 0.3) is 5.91 Å². The third-order valence-corrected chi connectivity index (χ3v) is 4.37. The second kappa shape index (κ2) is 7.07. The number of fused-ring (bicyclic) bond motifs is 1. The summed E-state index contributed by atoms with van der Waals surface area (Å²) in [5.41, 5.74) is 2.28. The summed E-state index contributed by atoms with van der Waals surface area (Å²) < 4.78 is 19.0. The number of amides is 1. The van der Waals surface area contributed by atoms with E-state index in [9.17, 15) is 9.18 Å². The molecule has 0 bridgehead atoms. The number of carbonyl (C=O) groups is 1. The fraction of sp³-hybridized carbons (Fsp3) is 0.250. The molecule has 0 saturated carbocycles. The van der Waals surface area contributed by atoms with Gasteiger partial charge in [-0.25, -0.2) is 4.39 Å². The van der Waals surface area contributed by atoms with Gasteiger partial charge < -0.3 is 14.6 Å². The molecule has 25 heavy (non-hydrogen) atoms. The molecule has 0 spiro atoms. The Hall–Kier alpha value is -2.66. The third kappa shape index (κ3) is 3.56. The fourth-order valence-electron chi connectivity index (χ4n) is 2.95. The van der Waals surface area contributed by atoms with Crippen molar-refractivity contribution in [3.8, 4) is 0 Å². The second-order valence-electron chi connectivity index (χ2n) is 6.30. The van der Waals surface area contributed by atoms with Gasteiger partial charge in [0.2, 0.25) is 0 Å². The molecule has 1 aromatic heterocycles. The summed E-state index contributed by atoms with van der Waals surface area (Å²) >= 11 is 0. The Labute approximate surface area is 146 Å². The summed E-state index contributed by atoms with van der Waals surface area (Å²) in [6.45, 7) is 2.21. The number of nitrogens with one attached hydrogen (secondary N) is 1. The van der Waals surface area contributed by atoms with Crippen molar-refractivity contribution in [1.82, 2.24) is 10.2 Å². The topological polar surface area (TPSA) is 45.5 Å². The van der Waals surface area contributed by atoms with E-state index in [1.54, 1.807) is 13.0 Å². The van der Waals surface area contributed by atoms with E-state index in [0.29, 0.717) is 23.1 Å². The lowest BCUT2D eigenvalue weighted by Crippen LogP contribution is -2.34. The summed E-state index contributed by atoms with van der Waals surface area (Å²) in [4.78, 5) is 14.6. The van der Waals surface area contributed by atoms with Crippen LogP contribution in [0.15, 0.2) is 52.9 Å². The number of rotatable bonds is 5. The van der Waals surface area contributed by atoms with Gasteiger partial charge in [-0.1, -0.05) is 30.3 Å². The van der Waals surface area contributed by atoms with Crippen molar-refractivity contribution in [2.24, 2.45) is 0 Å². The van der Waals surface area contributed by atoms with Crippen LogP contribution in [-0.2, 0) is 0 Å². The van der Waals surface area contributed by atoms with Crippen LogP contribution in [0, 0.1) is 12.7 Å². The summed E-state index contributed by atoms with van der Waals surface area (Å²) in [6.07, 6.45) is 0. The fourth-order valence-corrected chi connectivity index (χ4v) is 2.95. The van der Waals surface area contributed by atoms with E-state index in [1.807, 2.05) is 44.4 Å². The number of halogens is 1. The van der Waals surface area contributed by atoms with Gasteiger partial charge >= 0.3 is 0 Å². The highest BCUT2D eigenvalue weighted by atomic mass is 19.1. The van der Waals surface area contributed by atoms with E-state index in [0.717, 1.165) is 5.56 Å². The summed E-state index contributed by atoms with van der Waals surface area (Å²) in [5.74, 6) is -0.414. The maximum atomic E-state index is 13.4. The number of furan rings is 1. The van der Waals surface area contributed by atoms with Gasteiger partial charge in [-0.2, -0.15) is 0 Å². The normalized spacial score (nSPS) is 12.5. The molecule has 5 heteroatoms. The first-order chi connectivity index (χ1) is 12.0. The first-order valence-corrected chi connectivity index (χ1v) is 8.15. The minimum Gasteiger partial charge on any atom is -0.451 e. The van der Waals surface area contributed by atoms with Crippen LogP contribution in [0.5, 0.6) is 0 Å². The number of aryl methyl sites for hydroxylation is 1. The number of benzene rings is 2. The number of likely N-dealkylation sites (N-methyl/N-ethyl adjacent to an activating group) is 1. The molecule has 0 aliphatic heterocycles. The predicted octanol–water partition coefficient (Wildman–Crippen LogP) is 3.91. The largest absolute Gasteiger partial charge is 0.451 e. The SMILES string of the molecule is Cc1c(C(=O)NC[C@H](c2ccccc2)N(C)C)oc2ccc(F)cc12. The zero-order valence-corrected chi connectivity index (χ0v) is 14.5. The standard InChI is InChI=1S/C20H21FN2O2/c1-13-16-11-15(21)9-10-18(16)25-19(13)20(24)22-12-17(23(2)3)14-7-5-4-6-8-14/h4-11,17H,12H2,1-3H3,(H,22,24)/t17-/m1/s1. The molecule has 0 fully saturated rings. The average molecular weight is 340 g/mol. The zero-order valence-electron chi connectivity index (χ0n) is 14.5. The Morgan fingerprint density at radius 2 is 1.92 bits per heavy atom.